The Balaban J connectivity index is 1.12. The van der Waals surface area contributed by atoms with Crippen molar-refractivity contribution in [2.75, 3.05) is 50.8 Å². The molecule has 1 aromatic carbocycles. The second-order valence-corrected chi connectivity index (χ2v) is 11.8. The lowest BCUT2D eigenvalue weighted by molar-refractivity contribution is -0.139. The Morgan fingerprint density at radius 3 is 2.38 bits per heavy atom. The number of carbonyl (C=O) groups is 3. The van der Waals surface area contributed by atoms with E-state index in [2.05, 4.69) is 15.1 Å². The summed E-state index contributed by atoms with van der Waals surface area (Å²) in [6, 6.07) is 7.27. The van der Waals surface area contributed by atoms with Gasteiger partial charge in [0.15, 0.2) is 5.78 Å². The first-order valence-electron chi connectivity index (χ1n) is 15.0. The van der Waals surface area contributed by atoms with Gasteiger partial charge in [-0.2, -0.15) is 0 Å². The van der Waals surface area contributed by atoms with E-state index in [0.29, 0.717) is 18.7 Å². The van der Waals surface area contributed by atoms with Crippen LogP contribution in [0.15, 0.2) is 24.3 Å². The van der Waals surface area contributed by atoms with Crippen LogP contribution in [-0.2, 0) is 19.1 Å². The monoisotopic (exact) mass is 538 g/mol. The van der Waals surface area contributed by atoms with Crippen LogP contribution in [-0.4, -0.2) is 104 Å². The molecule has 3 heterocycles. The number of hydrogen-bond donors (Lipinski definition) is 1. The quantitative estimate of drug-likeness (QED) is 0.543. The average molecular weight is 539 g/mol. The van der Waals surface area contributed by atoms with Crippen molar-refractivity contribution >= 4 is 23.3 Å². The summed E-state index contributed by atoms with van der Waals surface area (Å²) in [5.41, 5.74) is 1.68. The van der Waals surface area contributed by atoms with Crippen molar-refractivity contribution in [3.05, 3.63) is 29.8 Å². The zero-order chi connectivity index (χ0) is 26.9. The maximum Gasteiger partial charge on any atom is 0.251 e. The van der Waals surface area contributed by atoms with Gasteiger partial charge in [0.2, 0.25) is 5.91 Å². The highest BCUT2D eigenvalue weighted by Crippen LogP contribution is 2.34. The summed E-state index contributed by atoms with van der Waals surface area (Å²) < 4.78 is 11.5. The topological polar surface area (TPSA) is 91.4 Å². The van der Waals surface area contributed by atoms with Gasteiger partial charge in [0, 0.05) is 50.1 Å². The molecule has 0 spiro atoms. The van der Waals surface area contributed by atoms with E-state index in [9.17, 15) is 14.4 Å². The normalized spacial score (nSPS) is 28.9. The van der Waals surface area contributed by atoms with E-state index in [1.165, 1.54) is 19.3 Å². The number of nitrogens with zero attached hydrogens (tertiary/aromatic N) is 3. The summed E-state index contributed by atoms with van der Waals surface area (Å²) in [5, 5.41) is 3.08. The molecule has 2 aliphatic carbocycles. The summed E-state index contributed by atoms with van der Waals surface area (Å²) >= 11 is 0. The molecule has 0 aromatic heterocycles. The molecule has 0 bridgehead atoms. The number of piperazine rings is 1. The summed E-state index contributed by atoms with van der Waals surface area (Å²) in [7, 11) is 0. The Kier molecular flexibility index (Phi) is 7.91. The van der Waals surface area contributed by atoms with Crippen LogP contribution in [0.1, 0.15) is 62.2 Å². The van der Waals surface area contributed by atoms with Crippen LogP contribution >= 0.6 is 0 Å². The third-order valence-corrected chi connectivity index (χ3v) is 9.63. The smallest absolute Gasteiger partial charge is 0.251 e. The van der Waals surface area contributed by atoms with E-state index in [-0.39, 0.29) is 36.2 Å². The van der Waals surface area contributed by atoms with Crippen molar-refractivity contribution in [1.82, 2.24) is 15.1 Å². The second kappa shape index (κ2) is 11.6. The number of carbonyl (C=O) groups excluding carboxylic acids is 3. The molecule has 5 aliphatic rings. The molecule has 4 atom stereocenters. The number of likely N-dealkylation sites (tertiary alicyclic amines) is 1. The van der Waals surface area contributed by atoms with Gasteiger partial charge in [-0.05, 0) is 62.8 Å². The number of amides is 2. The number of Topliss-reactive ketones (excluding diaryl/α,β-unsaturated/α-hetero) is 1. The highest BCUT2D eigenvalue weighted by atomic mass is 16.6. The van der Waals surface area contributed by atoms with Crippen LogP contribution < -0.4 is 10.2 Å². The van der Waals surface area contributed by atoms with Gasteiger partial charge in [-0.25, -0.2) is 0 Å². The number of nitrogens with one attached hydrogen (secondary N) is 1. The van der Waals surface area contributed by atoms with Crippen LogP contribution in [0.2, 0.25) is 0 Å². The summed E-state index contributed by atoms with van der Waals surface area (Å²) in [6.07, 6.45) is 7.16. The molecular formula is C30H42N4O5. The molecule has 0 radical (unpaired) electrons. The predicted octanol–water partition coefficient (Wildman–Crippen LogP) is 2.23. The number of ether oxygens (including phenoxy) is 2. The Hall–Kier alpha value is -2.49. The molecule has 1 N–H and O–H groups in total. The van der Waals surface area contributed by atoms with Crippen LogP contribution in [0.25, 0.3) is 0 Å². The molecular weight excluding hydrogens is 496 g/mol. The van der Waals surface area contributed by atoms with Gasteiger partial charge < -0.3 is 24.6 Å². The number of rotatable bonds is 8. The molecule has 9 heteroatoms. The number of benzene rings is 1. The van der Waals surface area contributed by atoms with Crippen molar-refractivity contribution in [2.45, 2.75) is 82.2 Å². The van der Waals surface area contributed by atoms with Gasteiger partial charge in [0.05, 0.1) is 6.54 Å². The first-order valence-corrected chi connectivity index (χ1v) is 15.0. The Bertz CT molecular complexity index is 1050. The van der Waals surface area contributed by atoms with Gasteiger partial charge >= 0.3 is 0 Å². The van der Waals surface area contributed by atoms with Crippen molar-refractivity contribution in [3.63, 3.8) is 0 Å². The average Bonchev–Trinajstić information content (AvgIpc) is 3.67. The predicted molar refractivity (Wildman–Crippen MR) is 147 cm³/mol. The SMILES string of the molecule is CCO[C@H]1CN(C(=O)[C@@H](NC(=O)c2ccc(N3CCN(C4CCC4)CC3)cc2)C2CCCC2)[C@@H]2C(=O)CO[C@H]12. The number of fused-ring (bicyclic) bond motifs is 1. The fourth-order valence-electron chi connectivity index (χ4n) is 7.20. The van der Waals surface area contributed by atoms with E-state index in [4.69, 9.17) is 9.47 Å². The van der Waals surface area contributed by atoms with E-state index < -0.39 is 18.2 Å². The fourth-order valence-corrected chi connectivity index (χ4v) is 7.20. The van der Waals surface area contributed by atoms with Gasteiger partial charge in [0.1, 0.15) is 30.9 Å². The second-order valence-electron chi connectivity index (χ2n) is 11.8. The molecule has 3 aliphatic heterocycles. The van der Waals surface area contributed by atoms with Crippen molar-refractivity contribution in [2.24, 2.45) is 5.92 Å². The number of anilines is 1. The van der Waals surface area contributed by atoms with E-state index >= 15 is 0 Å². The third kappa shape index (κ3) is 5.33. The lowest BCUT2D eigenvalue weighted by Gasteiger charge is -2.43. The van der Waals surface area contributed by atoms with Crippen LogP contribution in [0.3, 0.4) is 0 Å². The first-order chi connectivity index (χ1) is 19.0. The van der Waals surface area contributed by atoms with Crippen LogP contribution in [0, 0.1) is 5.92 Å². The Morgan fingerprint density at radius 1 is 1.03 bits per heavy atom. The van der Waals surface area contributed by atoms with Crippen molar-refractivity contribution < 1.29 is 23.9 Å². The maximum atomic E-state index is 13.9. The zero-order valence-corrected chi connectivity index (χ0v) is 23.1. The minimum absolute atomic E-state index is 0.00508. The fraction of sp³-hybridized carbons (Fsp3) is 0.700. The lowest BCUT2D eigenvalue weighted by atomic mass is 9.91. The van der Waals surface area contributed by atoms with E-state index in [1.54, 1.807) is 4.90 Å². The molecule has 2 saturated carbocycles. The van der Waals surface area contributed by atoms with Crippen molar-refractivity contribution in [3.8, 4) is 0 Å². The first kappa shape index (κ1) is 26.7. The van der Waals surface area contributed by atoms with Gasteiger partial charge in [-0.1, -0.05) is 19.3 Å². The molecule has 3 saturated heterocycles. The minimum Gasteiger partial charge on any atom is -0.374 e. The van der Waals surface area contributed by atoms with Gasteiger partial charge in [-0.15, -0.1) is 0 Å². The molecule has 0 unspecified atom stereocenters. The van der Waals surface area contributed by atoms with Gasteiger partial charge in [0.25, 0.3) is 5.91 Å². The molecule has 212 valence electrons. The summed E-state index contributed by atoms with van der Waals surface area (Å²) in [4.78, 5) is 46.7. The van der Waals surface area contributed by atoms with Crippen LogP contribution in [0.5, 0.6) is 0 Å². The largest absolute Gasteiger partial charge is 0.374 e. The molecule has 6 rings (SSSR count). The highest BCUT2D eigenvalue weighted by molar-refractivity contribution is 5.99. The number of ketones is 1. The molecule has 1 aromatic rings. The highest BCUT2D eigenvalue weighted by Gasteiger charge is 2.54. The standard InChI is InChI=1S/C30H42N4O5/c1-2-38-25-18-34(27-24(35)19-39-28(25)27)30(37)26(20-6-3-4-7-20)31-29(36)21-10-12-23(13-11-21)33-16-14-32(15-17-33)22-8-5-9-22/h10-13,20,22,25-28H,2-9,14-19H2,1H3,(H,31,36)/t25-,26-,27+,28+/m0/s1. The summed E-state index contributed by atoms with van der Waals surface area (Å²) in [6.45, 7) is 6.90. The third-order valence-electron chi connectivity index (χ3n) is 9.63. The summed E-state index contributed by atoms with van der Waals surface area (Å²) in [5.74, 6) is -0.453. The Labute approximate surface area is 231 Å². The molecule has 39 heavy (non-hydrogen) atoms. The van der Waals surface area contributed by atoms with Crippen molar-refractivity contribution in [1.29, 1.82) is 0 Å². The number of hydrogen-bond acceptors (Lipinski definition) is 7. The maximum absolute atomic E-state index is 13.9. The Morgan fingerprint density at radius 2 is 1.74 bits per heavy atom. The molecule has 2 amide bonds. The van der Waals surface area contributed by atoms with E-state index in [1.807, 2.05) is 31.2 Å². The molecule has 9 nitrogen and oxygen atoms in total. The van der Waals surface area contributed by atoms with Gasteiger partial charge in [-0.3, -0.25) is 19.3 Å². The zero-order valence-electron chi connectivity index (χ0n) is 23.1. The molecule has 5 fully saturated rings. The van der Waals surface area contributed by atoms with Crippen LogP contribution in [0.4, 0.5) is 5.69 Å². The minimum atomic E-state index is -0.659. The lowest BCUT2D eigenvalue weighted by Crippen LogP contribution is -2.54. The van der Waals surface area contributed by atoms with E-state index in [0.717, 1.165) is 63.6 Å².